The third kappa shape index (κ3) is 6.21. The number of hydrogen-bond donors (Lipinski definition) is 0. The molecule has 70 valence electrons. The van der Waals surface area contributed by atoms with Gasteiger partial charge in [-0.05, 0) is 39.0 Å². The lowest BCUT2D eigenvalue weighted by molar-refractivity contribution is 0.642. The molecular weight excluding hydrogens is 144 g/mol. The first kappa shape index (κ1) is 11.5. The van der Waals surface area contributed by atoms with Crippen LogP contribution in [0.25, 0.3) is 0 Å². The largest absolute Gasteiger partial charge is 0.0887 e. The van der Waals surface area contributed by atoms with Crippen LogP contribution in [0.15, 0.2) is 23.8 Å². The maximum atomic E-state index is 2.32. The van der Waals surface area contributed by atoms with E-state index in [1.807, 2.05) is 0 Å². The van der Waals surface area contributed by atoms with E-state index in [1.54, 1.807) is 0 Å². The summed E-state index contributed by atoms with van der Waals surface area (Å²) < 4.78 is 0. The van der Waals surface area contributed by atoms with Crippen molar-refractivity contribution in [2.24, 2.45) is 5.92 Å². The Morgan fingerprint density at radius 1 is 1.42 bits per heavy atom. The molecule has 0 aromatic heterocycles. The maximum Gasteiger partial charge on any atom is -0.0259 e. The molecule has 0 fully saturated rings. The Morgan fingerprint density at radius 3 is 2.58 bits per heavy atom. The van der Waals surface area contributed by atoms with Gasteiger partial charge in [-0.15, -0.1) is 0 Å². The van der Waals surface area contributed by atoms with Gasteiger partial charge in [0.05, 0.1) is 0 Å². The van der Waals surface area contributed by atoms with Gasteiger partial charge >= 0.3 is 0 Å². The Kier molecular flexibility index (Phi) is 6.84. The van der Waals surface area contributed by atoms with Crippen LogP contribution >= 0.6 is 0 Å². The summed E-state index contributed by atoms with van der Waals surface area (Å²) in [6, 6.07) is 0. The van der Waals surface area contributed by atoms with Crippen LogP contribution in [0.5, 0.6) is 0 Å². The lowest BCUT2D eigenvalue weighted by atomic mass is 10.0. The maximum absolute atomic E-state index is 2.32. The molecule has 0 bridgehead atoms. The van der Waals surface area contributed by atoms with Crippen LogP contribution < -0.4 is 0 Å². The van der Waals surface area contributed by atoms with E-state index in [9.17, 15) is 0 Å². The van der Waals surface area contributed by atoms with Crippen molar-refractivity contribution in [1.29, 1.82) is 0 Å². The molecule has 0 N–H and O–H groups in total. The van der Waals surface area contributed by atoms with Crippen LogP contribution in [0, 0.1) is 5.92 Å². The van der Waals surface area contributed by atoms with Gasteiger partial charge in [0.25, 0.3) is 0 Å². The molecule has 1 unspecified atom stereocenters. The van der Waals surface area contributed by atoms with E-state index in [1.165, 1.54) is 18.4 Å². The molecule has 0 aromatic carbocycles. The van der Waals surface area contributed by atoms with Crippen molar-refractivity contribution in [3.05, 3.63) is 23.8 Å². The van der Waals surface area contributed by atoms with Crippen molar-refractivity contribution in [1.82, 2.24) is 0 Å². The van der Waals surface area contributed by atoms with Gasteiger partial charge in [-0.25, -0.2) is 0 Å². The molecule has 0 aliphatic heterocycles. The van der Waals surface area contributed by atoms with E-state index in [0.717, 1.165) is 12.3 Å². The van der Waals surface area contributed by atoms with Crippen LogP contribution in [0.2, 0.25) is 0 Å². The summed E-state index contributed by atoms with van der Waals surface area (Å²) >= 11 is 0. The van der Waals surface area contributed by atoms with Gasteiger partial charge in [0, 0.05) is 0 Å². The zero-order valence-corrected chi connectivity index (χ0v) is 8.93. The van der Waals surface area contributed by atoms with E-state index in [2.05, 4.69) is 45.9 Å². The molecular formula is C12H22. The molecule has 0 heterocycles. The van der Waals surface area contributed by atoms with Crippen molar-refractivity contribution in [2.45, 2.75) is 47.0 Å². The van der Waals surface area contributed by atoms with Crippen LogP contribution in [0.4, 0.5) is 0 Å². The van der Waals surface area contributed by atoms with Crippen LogP contribution in [0.3, 0.4) is 0 Å². The predicted molar refractivity (Wildman–Crippen MR) is 57.3 cm³/mol. The minimum absolute atomic E-state index is 0.736. The molecule has 0 saturated carbocycles. The van der Waals surface area contributed by atoms with Crippen molar-refractivity contribution in [3.8, 4) is 0 Å². The third-order valence-electron chi connectivity index (χ3n) is 2.19. The molecule has 0 aliphatic carbocycles. The van der Waals surface area contributed by atoms with Gasteiger partial charge in [-0.3, -0.25) is 0 Å². The smallest absolute Gasteiger partial charge is 0.0259 e. The predicted octanol–water partition coefficient (Wildman–Crippen LogP) is 4.34. The Balaban J connectivity index is 3.57. The highest BCUT2D eigenvalue weighted by molar-refractivity contribution is 4.97. The molecule has 0 radical (unpaired) electrons. The average Bonchev–Trinajstić information content (AvgIpc) is 2.10. The second kappa shape index (κ2) is 7.15. The minimum Gasteiger partial charge on any atom is -0.0887 e. The monoisotopic (exact) mass is 166 g/mol. The molecule has 12 heavy (non-hydrogen) atoms. The van der Waals surface area contributed by atoms with Crippen LogP contribution in [0.1, 0.15) is 47.0 Å². The molecule has 0 spiro atoms. The van der Waals surface area contributed by atoms with Gasteiger partial charge in [-0.2, -0.15) is 0 Å². The van der Waals surface area contributed by atoms with Gasteiger partial charge in [0.1, 0.15) is 0 Å². The Labute approximate surface area is 77.4 Å². The van der Waals surface area contributed by atoms with E-state index in [-0.39, 0.29) is 0 Å². The van der Waals surface area contributed by atoms with Crippen molar-refractivity contribution in [3.63, 3.8) is 0 Å². The topological polar surface area (TPSA) is 0 Å². The summed E-state index contributed by atoms with van der Waals surface area (Å²) in [6.07, 6.45) is 10.5. The van der Waals surface area contributed by atoms with E-state index >= 15 is 0 Å². The van der Waals surface area contributed by atoms with Crippen molar-refractivity contribution in [2.75, 3.05) is 0 Å². The Bertz CT molecular complexity index is 151. The summed E-state index contributed by atoms with van der Waals surface area (Å²) in [7, 11) is 0. The van der Waals surface area contributed by atoms with Crippen LogP contribution in [-0.2, 0) is 0 Å². The number of rotatable bonds is 5. The first-order valence-corrected chi connectivity index (χ1v) is 4.99. The highest BCUT2D eigenvalue weighted by Gasteiger charge is 1.96. The quantitative estimate of drug-likeness (QED) is 0.533. The SMILES string of the molecule is CC=C(C)CCC(C)C=CCC. The fourth-order valence-electron chi connectivity index (χ4n) is 1.06. The Hall–Kier alpha value is -0.520. The average molecular weight is 166 g/mol. The highest BCUT2D eigenvalue weighted by Crippen LogP contribution is 2.12. The van der Waals surface area contributed by atoms with Gasteiger partial charge < -0.3 is 0 Å². The van der Waals surface area contributed by atoms with Gasteiger partial charge in [-0.1, -0.05) is 37.6 Å². The molecule has 0 amide bonds. The molecule has 1 atom stereocenters. The van der Waals surface area contributed by atoms with Crippen LogP contribution in [-0.4, -0.2) is 0 Å². The summed E-state index contributed by atoms with van der Waals surface area (Å²) in [5.41, 5.74) is 1.51. The Morgan fingerprint density at radius 2 is 2.08 bits per heavy atom. The molecule has 0 rings (SSSR count). The second-order valence-electron chi connectivity index (χ2n) is 3.49. The third-order valence-corrected chi connectivity index (χ3v) is 2.19. The van der Waals surface area contributed by atoms with Crippen molar-refractivity contribution < 1.29 is 0 Å². The zero-order valence-electron chi connectivity index (χ0n) is 8.93. The summed E-state index contributed by atoms with van der Waals surface area (Å²) in [4.78, 5) is 0. The second-order valence-corrected chi connectivity index (χ2v) is 3.49. The fourth-order valence-corrected chi connectivity index (χ4v) is 1.06. The standard InChI is InChI=1S/C12H22/c1-5-7-8-12(4)10-9-11(3)6-2/h6-8,12H,5,9-10H2,1-4H3. The first-order chi connectivity index (χ1) is 5.70. The first-order valence-electron chi connectivity index (χ1n) is 4.99. The molecule has 0 nitrogen and oxygen atoms in total. The fraction of sp³-hybridized carbons (Fsp3) is 0.667. The number of hydrogen-bond acceptors (Lipinski definition) is 0. The van der Waals surface area contributed by atoms with E-state index < -0.39 is 0 Å². The van der Waals surface area contributed by atoms with Gasteiger partial charge in [0.15, 0.2) is 0 Å². The lowest BCUT2D eigenvalue weighted by Crippen LogP contribution is -1.89. The normalized spacial score (nSPS) is 15.5. The minimum atomic E-state index is 0.736. The zero-order chi connectivity index (χ0) is 9.40. The highest BCUT2D eigenvalue weighted by atomic mass is 14.0. The molecule has 0 aromatic rings. The van der Waals surface area contributed by atoms with E-state index in [4.69, 9.17) is 0 Å². The van der Waals surface area contributed by atoms with Crippen molar-refractivity contribution >= 4 is 0 Å². The van der Waals surface area contributed by atoms with Gasteiger partial charge in [0.2, 0.25) is 0 Å². The summed E-state index contributed by atoms with van der Waals surface area (Å²) in [5.74, 6) is 0.736. The molecule has 0 heteroatoms. The molecule has 0 saturated heterocycles. The van der Waals surface area contributed by atoms with E-state index in [0.29, 0.717) is 0 Å². The summed E-state index contributed by atoms with van der Waals surface area (Å²) in [5, 5.41) is 0. The molecule has 0 aliphatic rings. The lowest BCUT2D eigenvalue weighted by Gasteiger charge is -2.05. The summed E-state index contributed by atoms with van der Waals surface area (Å²) in [6.45, 7) is 8.79. The number of allylic oxidation sites excluding steroid dienone is 4.